The van der Waals surface area contributed by atoms with Crippen LogP contribution in [0.25, 0.3) is 0 Å². The molecule has 0 saturated heterocycles. The third kappa shape index (κ3) is 8.04. The second kappa shape index (κ2) is 13.4. The Balaban J connectivity index is 0.00000338. The molecule has 0 aromatic heterocycles. The van der Waals surface area contributed by atoms with Gasteiger partial charge in [0.15, 0.2) is 0 Å². The zero-order chi connectivity index (χ0) is 17.7. The molecule has 0 saturated carbocycles. The standard InChI is InChI=1S/C23H28N2.Pd/c1-3-5-9-19-23(25-21-16-12-8-13-17-21)22(18-6-4-2)24-20-14-10-7-11-15-20;/h7-17,19H,3-6,18H2,1-2H3;. The zero-order valence-electron chi connectivity index (χ0n) is 15.7. The fourth-order valence-electron chi connectivity index (χ4n) is 2.45. The van der Waals surface area contributed by atoms with Crippen molar-refractivity contribution in [2.24, 2.45) is 9.98 Å². The van der Waals surface area contributed by atoms with Crippen LogP contribution in [-0.2, 0) is 20.4 Å². The van der Waals surface area contributed by atoms with Crippen LogP contribution in [0.15, 0.2) is 82.8 Å². The van der Waals surface area contributed by atoms with Gasteiger partial charge in [-0.15, -0.1) is 0 Å². The number of aliphatic imine (C=N–C) groups is 2. The molecule has 0 aliphatic carbocycles. The van der Waals surface area contributed by atoms with E-state index in [0.717, 1.165) is 54.9 Å². The summed E-state index contributed by atoms with van der Waals surface area (Å²) in [5, 5.41) is 0. The number of para-hydroxylation sites is 2. The van der Waals surface area contributed by atoms with Gasteiger partial charge in [0, 0.05) is 20.4 Å². The number of hydrogen-bond donors (Lipinski definition) is 0. The van der Waals surface area contributed by atoms with Crippen molar-refractivity contribution in [3.05, 3.63) is 72.8 Å². The third-order valence-corrected chi connectivity index (χ3v) is 3.82. The van der Waals surface area contributed by atoms with Gasteiger partial charge in [-0.3, -0.25) is 4.99 Å². The number of unbranched alkanes of at least 4 members (excludes halogenated alkanes) is 2. The summed E-state index contributed by atoms with van der Waals surface area (Å²) in [4.78, 5) is 9.78. The van der Waals surface area contributed by atoms with Crippen LogP contribution in [0.4, 0.5) is 11.4 Å². The minimum atomic E-state index is 0. The second-order valence-corrected chi connectivity index (χ2v) is 6.02. The van der Waals surface area contributed by atoms with E-state index in [1.807, 2.05) is 60.7 Å². The second-order valence-electron chi connectivity index (χ2n) is 6.02. The van der Waals surface area contributed by atoms with Crippen LogP contribution in [0.5, 0.6) is 0 Å². The molecule has 0 bridgehead atoms. The van der Waals surface area contributed by atoms with E-state index in [4.69, 9.17) is 9.98 Å². The van der Waals surface area contributed by atoms with E-state index in [2.05, 4.69) is 26.0 Å². The first-order valence-electron chi connectivity index (χ1n) is 9.26. The Morgan fingerprint density at radius 3 is 1.92 bits per heavy atom. The van der Waals surface area contributed by atoms with Gasteiger partial charge in [-0.25, -0.2) is 4.99 Å². The van der Waals surface area contributed by atoms with Gasteiger partial charge in [0.2, 0.25) is 0 Å². The van der Waals surface area contributed by atoms with Crippen molar-refractivity contribution in [2.45, 2.75) is 46.0 Å². The first-order chi connectivity index (χ1) is 12.3. The van der Waals surface area contributed by atoms with E-state index in [-0.39, 0.29) is 20.4 Å². The maximum absolute atomic E-state index is 4.91. The number of rotatable bonds is 9. The molecule has 0 radical (unpaired) electrons. The molecule has 0 fully saturated rings. The molecule has 2 aromatic carbocycles. The van der Waals surface area contributed by atoms with E-state index in [1.54, 1.807) is 0 Å². The fourth-order valence-corrected chi connectivity index (χ4v) is 2.45. The van der Waals surface area contributed by atoms with E-state index in [1.165, 1.54) is 0 Å². The molecule has 0 unspecified atom stereocenters. The van der Waals surface area contributed by atoms with E-state index < -0.39 is 0 Å². The van der Waals surface area contributed by atoms with Crippen molar-refractivity contribution in [3.63, 3.8) is 0 Å². The summed E-state index contributed by atoms with van der Waals surface area (Å²) in [6, 6.07) is 20.3. The maximum atomic E-state index is 4.91. The molecule has 3 heteroatoms. The summed E-state index contributed by atoms with van der Waals surface area (Å²) in [6.07, 6.45) is 9.72. The predicted molar refractivity (Wildman–Crippen MR) is 111 cm³/mol. The molecule has 0 atom stereocenters. The minimum absolute atomic E-state index is 0. The van der Waals surface area contributed by atoms with Gasteiger partial charge < -0.3 is 0 Å². The number of allylic oxidation sites excluding steroid dienone is 2. The fraction of sp³-hybridized carbons (Fsp3) is 0.304. The molecule has 0 spiro atoms. The van der Waals surface area contributed by atoms with E-state index in [0.29, 0.717) is 0 Å². The maximum Gasteiger partial charge on any atom is 0.0848 e. The van der Waals surface area contributed by atoms with Crippen LogP contribution < -0.4 is 0 Å². The first-order valence-corrected chi connectivity index (χ1v) is 9.26. The number of hydrogen-bond acceptors (Lipinski definition) is 2. The largest absolute Gasteiger partial charge is 0.251 e. The van der Waals surface area contributed by atoms with Crippen molar-refractivity contribution in [3.8, 4) is 0 Å². The average Bonchev–Trinajstić information content (AvgIpc) is 2.66. The van der Waals surface area contributed by atoms with Crippen LogP contribution in [0, 0.1) is 0 Å². The molecule has 140 valence electrons. The molecule has 2 aromatic rings. The first kappa shape index (κ1) is 22.2. The van der Waals surface area contributed by atoms with Crippen molar-refractivity contribution < 1.29 is 20.4 Å². The summed E-state index contributed by atoms with van der Waals surface area (Å²) in [5.74, 6) is 0. The average molecular weight is 439 g/mol. The molecular formula is C23H28N2Pd. The van der Waals surface area contributed by atoms with Crippen molar-refractivity contribution in [1.82, 2.24) is 0 Å². The predicted octanol–water partition coefficient (Wildman–Crippen LogP) is 7.08. The van der Waals surface area contributed by atoms with Gasteiger partial charge in [0.25, 0.3) is 0 Å². The van der Waals surface area contributed by atoms with Crippen LogP contribution >= 0.6 is 0 Å². The Labute approximate surface area is 171 Å². The van der Waals surface area contributed by atoms with Crippen molar-refractivity contribution >= 4 is 22.8 Å². The number of benzene rings is 2. The third-order valence-electron chi connectivity index (χ3n) is 3.82. The van der Waals surface area contributed by atoms with Crippen molar-refractivity contribution in [2.75, 3.05) is 0 Å². The SMILES string of the molecule is CCCC=CC(=Nc1ccccc1)C(CCCC)=Nc1ccccc1.[Pd]. The zero-order valence-corrected chi connectivity index (χ0v) is 17.2. The molecule has 0 heterocycles. The summed E-state index contributed by atoms with van der Waals surface area (Å²) >= 11 is 0. The molecule has 26 heavy (non-hydrogen) atoms. The van der Waals surface area contributed by atoms with E-state index >= 15 is 0 Å². The molecular weight excluding hydrogens is 411 g/mol. The Morgan fingerprint density at radius 1 is 0.808 bits per heavy atom. The molecule has 0 N–H and O–H groups in total. The quantitative estimate of drug-likeness (QED) is 0.295. The van der Waals surface area contributed by atoms with Crippen LogP contribution in [0.1, 0.15) is 46.0 Å². The van der Waals surface area contributed by atoms with Gasteiger partial charge in [0.1, 0.15) is 0 Å². The Morgan fingerprint density at radius 2 is 1.38 bits per heavy atom. The van der Waals surface area contributed by atoms with Crippen LogP contribution in [0.2, 0.25) is 0 Å². The Hall–Kier alpha value is -1.82. The molecule has 0 aliphatic rings. The van der Waals surface area contributed by atoms with Gasteiger partial charge in [-0.2, -0.15) is 0 Å². The normalized spacial score (nSPS) is 12.2. The summed E-state index contributed by atoms with van der Waals surface area (Å²) in [6.45, 7) is 4.40. The topological polar surface area (TPSA) is 24.7 Å². The summed E-state index contributed by atoms with van der Waals surface area (Å²) in [7, 11) is 0. The molecule has 0 amide bonds. The van der Waals surface area contributed by atoms with Crippen LogP contribution in [-0.4, -0.2) is 11.4 Å². The molecule has 0 aliphatic heterocycles. The van der Waals surface area contributed by atoms with Crippen molar-refractivity contribution in [1.29, 1.82) is 0 Å². The summed E-state index contributed by atoms with van der Waals surface area (Å²) < 4.78 is 0. The molecule has 2 rings (SSSR count). The monoisotopic (exact) mass is 438 g/mol. The minimum Gasteiger partial charge on any atom is -0.251 e. The van der Waals surface area contributed by atoms with Gasteiger partial charge >= 0.3 is 0 Å². The van der Waals surface area contributed by atoms with Crippen LogP contribution in [0.3, 0.4) is 0 Å². The Bertz CT molecular complexity index is 704. The van der Waals surface area contributed by atoms with Gasteiger partial charge in [0.05, 0.1) is 22.8 Å². The van der Waals surface area contributed by atoms with E-state index in [9.17, 15) is 0 Å². The smallest absolute Gasteiger partial charge is 0.0848 e. The van der Waals surface area contributed by atoms with Gasteiger partial charge in [-0.05, 0) is 49.6 Å². The molecule has 2 nitrogen and oxygen atoms in total. The number of nitrogens with zero attached hydrogens (tertiary/aromatic N) is 2. The van der Waals surface area contributed by atoms with Gasteiger partial charge in [-0.1, -0.05) is 69.2 Å². The Kier molecular flexibility index (Phi) is 11.4. The summed E-state index contributed by atoms with van der Waals surface area (Å²) in [5.41, 5.74) is 3.98.